The molecule has 1 heterocycles. The SMILES string of the molecule is CCCC(C)Cc1ccc2nc(CCCc3ccc4cccc(C(C)C)c4c3)[nH]c2c1. The zero-order valence-electron chi connectivity index (χ0n) is 19.5. The molecule has 0 saturated carbocycles. The summed E-state index contributed by atoms with van der Waals surface area (Å²) in [5, 5.41) is 2.75. The van der Waals surface area contributed by atoms with Gasteiger partial charge in [-0.15, -0.1) is 0 Å². The molecule has 2 nitrogen and oxygen atoms in total. The van der Waals surface area contributed by atoms with Crippen LogP contribution in [0.4, 0.5) is 0 Å². The predicted octanol–water partition coefficient (Wildman–Crippen LogP) is 7.99. The second-order valence-corrected chi connectivity index (χ2v) is 9.54. The molecule has 0 aliphatic carbocycles. The summed E-state index contributed by atoms with van der Waals surface area (Å²) in [6.45, 7) is 9.17. The molecule has 1 aromatic heterocycles. The van der Waals surface area contributed by atoms with Gasteiger partial charge < -0.3 is 4.98 Å². The third-order valence-corrected chi connectivity index (χ3v) is 6.44. The summed E-state index contributed by atoms with van der Waals surface area (Å²) in [5.41, 5.74) is 6.56. The average Bonchev–Trinajstić information content (AvgIpc) is 3.15. The highest BCUT2D eigenvalue weighted by atomic mass is 14.9. The molecule has 0 saturated heterocycles. The number of benzene rings is 3. The van der Waals surface area contributed by atoms with Gasteiger partial charge in [-0.25, -0.2) is 4.98 Å². The van der Waals surface area contributed by atoms with Crippen LogP contribution in [0.5, 0.6) is 0 Å². The van der Waals surface area contributed by atoms with E-state index in [9.17, 15) is 0 Å². The largest absolute Gasteiger partial charge is 0.342 e. The normalized spacial score (nSPS) is 12.8. The number of fused-ring (bicyclic) bond motifs is 2. The zero-order valence-corrected chi connectivity index (χ0v) is 19.5. The monoisotopic (exact) mass is 412 g/mol. The van der Waals surface area contributed by atoms with E-state index in [0.29, 0.717) is 5.92 Å². The Kier molecular flexibility index (Phi) is 6.75. The lowest BCUT2D eigenvalue weighted by atomic mass is 9.94. The number of imidazole rings is 1. The van der Waals surface area contributed by atoms with Gasteiger partial charge in [0.05, 0.1) is 11.0 Å². The molecule has 1 N–H and O–H groups in total. The standard InChI is InChI=1S/C29H36N2/c1-5-8-21(4)17-23-14-16-27-28(19-23)31-29(30-27)12-6-9-22-13-15-24-10-7-11-25(20(2)3)26(24)18-22/h7,10-11,13-16,18-21H,5-6,8-9,12,17H2,1-4H3,(H,30,31). The zero-order chi connectivity index (χ0) is 21.8. The van der Waals surface area contributed by atoms with E-state index >= 15 is 0 Å². The van der Waals surface area contributed by atoms with Crippen LogP contribution in [0.2, 0.25) is 0 Å². The maximum Gasteiger partial charge on any atom is 0.107 e. The summed E-state index contributed by atoms with van der Waals surface area (Å²) >= 11 is 0. The molecule has 0 radical (unpaired) electrons. The summed E-state index contributed by atoms with van der Waals surface area (Å²) in [6, 6.07) is 20.4. The first-order chi connectivity index (χ1) is 15.0. The van der Waals surface area contributed by atoms with Crippen molar-refractivity contribution in [1.82, 2.24) is 9.97 Å². The van der Waals surface area contributed by atoms with E-state index in [1.54, 1.807) is 0 Å². The van der Waals surface area contributed by atoms with E-state index in [4.69, 9.17) is 4.98 Å². The van der Waals surface area contributed by atoms with E-state index < -0.39 is 0 Å². The van der Waals surface area contributed by atoms with Gasteiger partial charge in [-0.3, -0.25) is 0 Å². The van der Waals surface area contributed by atoms with Gasteiger partial charge in [-0.2, -0.15) is 0 Å². The summed E-state index contributed by atoms with van der Waals surface area (Å²) in [5.74, 6) is 2.39. The predicted molar refractivity (Wildman–Crippen MR) is 134 cm³/mol. The molecule has 0 aliphatic rings. The number of aryl methyl sites for hydroxylation is 2. The highest BCUT2D eigenvalue weighted by molar-refractivity contribution is 5.86. The fourth-order valence-electron chi connectivity index (χ4n) is 4.82. The molecule has 4 aromatic rings. The van der Waals surface area contributed by atoms with E-state index in [1.807, 2.05) is 0 Å². The minimum absolute atomic E-state index is 0.546. The second kappa shape index (κ2) is 9.68. The van der Waals surface area contributed by atoms with E-state index in [-0.39, 0.29) is 0 Å². The van der Waals surface area contributed by atoms with Gasteiger partial charge in [-0.1, -0.05) is 83.0 Å². The molecule has 31 heavy (non-hydrogen) atoms. The summed E-state index contributed by atoms with van der Waals surface area (Å²) in [7, 11) is 0. The van der Waals surface area contributed by atoms with Crippen LogP contribution >= 0.6 is 0 Å². The van der Waals surface area contributed by atoms with Gasteiger partial charge in [-0.05, 0) is 70.7 Å². The van der Waals surface area contributed by atoms with Gasteiger partial charge >= 0.3 is 0 Å². The third kappa shape index (κ3) is 5.18. The molecule has 3 aromatic carbocycles. The maximum atomic E-state index is 4.83. The van der Waals surface area contributed by atoms with Gasteiger partial charge in [0.25, 0.3) is 0 Å². The van der Waals surface area contributed by atoms with Crippen molar-refractivity contribution in [2.45, 2.75) is 72.1 Å². The lowest BCUT2D eigenvalue weighted by molar-refractivity contribution is 0.523. The van der Waals surface area contributed by atoms with Crippen LogP contribution in [-0.4, -0.2) is 9.97 Å². The summed E-state index contributed by atoms with van der Waals surface area (Å²) < 4.78 is 0. The van der Waals surface area contributed by atoms with Crippen LogP contribution in [0.15, 0.2) is 54.6 Å². The van der Waals surface area contributed by atoms with Crippen molar-refractivity contribution >= 4 is 21.8 Å². The first-order valence-corrected chi connectivity index (χ1v) is 12.0. The number of aromatic amines is 1. The number of rotatable bonds is 9. The number of nitrogens with zero attached hydrogens (tertiary/aromatic N) is 1. The van der Waals surface area contributed by atoms with Crippen molar-refractivity contribution in [3.63, 3.8) is 0 Å². The van der Waals surface area contributed by atoms with Gasteiger partial charge in [0, 0.05) is 6.42 Å². The summed E-state index contributed by atoms with van der Waals surface area (Å²) in [6.07, 6.45) is 6.88. The van der Waals surface area contributed by atoms with Crippen molar-refractivity contribution in [2.24, 2.45) is 5.92 Å². The van der Waals surface area contributed by atoms with E-state index in [0.717, 1.165) is 42.9 Å². The Bertz CT molecular complexity index is 1150. The topological polar surface area (TPSA) is 28.7 Å². The fourth-order valence-corrected chi connectivity index (χ4v) is 4.82. The minimum atomic E-state index is 0.546. The second-order valence-electron chi connectivity index (χ2n) is 9.54. The smallest absolute Gasteiger partial charge is 0.107 e. The van der Waals surface area contributed by atoms with Crippen LogP contribution in [-0.2, 0) is 19.3 Å². The Morgan fingerprint density at radius 1 is 0.903 bits per heavy atom. The highest BCUT2D eigenvalue weighted by Gasteiger charge is 2.08. The highest BCUT2D eigenvalue weighted by Crippen LogP contribution is 2.27. The maximum absolute atomic E-state index is 4.83. The Hall–Kier alpha value is -2.61. The molecule has 1 atom stereocenters. The Labute approximate surface area is 187 Å². The molecule has 0 fully saturated rings. The first-order valence-electron chi connectivity index (χ1n) is 12.0. The lowest BCUT2D eigenvalue weighted by Gasteiger charge is -2.11. The summed E-state index contributed by atoms with van der Waals surface area (Å²) in [4.78, 5) is 8.40. The van der Waals surface area contributed by atoms with Gasteiger partial charge in [0.15, 0.2) is 0 Å². The Morgan fingerprint density at radius 3 is 2.55 bits per heavy atom. The fraction of sp³-hybridized carbons (Fsp3) is 0.414. The van der Waals surface area contributed by atoms with Crippen LogP contribution < -0.4 is 0 Å². The Balaban J connectivity index is 1.42. The average molecular weight is 413 g/mol. The molecular formula is C29H36N2. The molecule has 2 heteroatoms. The lowest BCUT2D eigenvalue weighted by Crippen LogP contribution is -1.98. The molecule has 0 spiro atoms. The van der Waals surface area contributed by atoms with Crippen molar-refractivity contribution in [3.05, 3.63) is 77.1 Å². The van der Waals surface area contributed by atoms with Crippen LogP contribution in [0.3, 0.4) is 0 Å². The number of hydrogen-bond donors (Lipinski definition) is 1. The molecule has 162 valence electrons. The number of aromatic nitrogens is 2. The van der Waals surface area contributed by atoms with E-state index in [2.05, 4.69) is 87.3 Å². The first kappa shape index (κ1) is 21.6. The van der Waals surface area contributed by atoms with Crippen LogP contribution in [0.25, 0.3) is 21.8 Å². The Morgan fingerprint density at radius 2 is 1.74 bits per heavy atom. The van der Waals surface area contributed by atoms with Gasteiger partial charge in [0.1, 0.15) is 5.82 Å². The molecule has 4 rings (SSSR count). The number of hydrogen-bond acceptors (Lipinski definition) is 1. The van der Waals surface area contributed by atoms with Crippen LogP contribution in [0, 0.1) is 5.92 Å². The van der Waals surface area contributed by atoms with Crippen molar-refractivity contribution in [1.29, 1.82) is 0 Å². The van der Waals surface area contributed by atoms with Crippen LogP contribution in [0.1, 0.15) is 75.4 Å². The van der Waals surface area contributed by atoms with Crippen molar-refractivity contribution in [2.75, 3.05) is 0 Å². The third-order valence-electron chi connectivity index (χ3n) is 6.44. The van der Waals surface area contributed by atoms with Crippen molar-refractivity contribution < 1.29 is 0 Å². The number of H-pyrrole nitrogens is 1. The molecule has 1 unspecified atom stereocenters. The molecule has 0 amide bonds. The van der Waals surface area contributed by atoms with Crippen molar-refractivity contribution in [3.8, 4) is 0 Å². The molecular weight excluding hydrogens is 376 g/mol. The quantitative estimate of drug-likeness (QED) is 0.296. The van der Waals surface area contributed by atoms with E-state index in [1.165, 1.54) is 45.8 Å². The number of nitrogens with one attached hydrogen (secondary N) is 1. The van der Waals surface area contributed by atoms with Gasteiger partial charge in [0.2, 0.25) is 0 Å². The molecule has 0 bridgehead atoms. The molecule has 0 aliphatic heterocycles. The minimum Gasteiger partial charge on any atom is -0.342 e.